The smallest absolute Gasteiger partial charge is 0.229 e. The number of amides is 1. The Bertz CT molecular complexity index is 840. The van der Waals surface area contributed by atoms with Crippen molar-refractivity contribution in [2.24, 2.45) is 11.8 Å². The van der Waals surface area contributed by atoms with Crippen LogP contribution in [0.25, 0.3) is 5.65 Å². The predicted molar refractivity (Wildman–Crippen MR) is 99.3 cm³/mol. The first kappa shape index (κ1) is 16.1. The van der Waals surface area contributed by atoms with Crippen LogP contribution in [0, 0.1) is 11.8 Å². The number of carbonyl (C=O) groups excluding carboxylic acids is 1. The topological polar surface area (TPSA) is 65.8 Å². The molecule has 0 aliphatic carbocycles. The average Bonchev–Trinajstić information content (AvgIpc) is 3.16. The summed E-state index contributed by atoms with van der Waals surface area (Å²) in [7, 11) is 0. The Kier molecular flexibility index (Phi) is 3.85. The minimum atomic E-state index is 0.124. The average molecular weight is 354 g/mol. The maximum absolute atomic E-state index is 12.8. The minimum Gasteiger partial charge on any atom is -0.354 e. The van der Waals surface area contributed by atoms with Gasteiger partial charge in [-0.15, -0.1) is 0 Å². The van der Waals surface area contributed by atoms with Crippen LogP contribution >= 0.6 is 0 Å². The van der Waals surface area contributed by atoms with E-state index in [4.69, 9.17) is 4.98 Å². The van der Waals surface area contributed by atoms with Gasteiger partial charge in [0.05, 0.1) is 17.8 Å². The Morgan fingerprint density at radius 2 is 2.08 bits per heavy atom. The van der Waals surface area contributed by atoms with E-state index in [-0.39, 0.29) is 5.92 Å². The Balaban J connectivity index is 1.41. The van der Waals surface area contributed by atoms with Crippen molar-refractivity contribution in [1.29, 1.82) is 0 Å². The molecule has 2 saturated heterocycles. The highest BCUT2D eigenvalue weighted by atomic mass is 16.2. The maximum Gasteiger partial charge on any atom is 0.229 e. The third-order valence-corrected chi connectivity index (χ3v) is 6.05. The molecule has 0 bridgehead atoms. The first-order chi connectivity index (χ1) is 12.7. The zero-order chi connectivity index (χ0) is 17.7. The van der Waals surface area contributed by atoms with E-state index in [2.05, 4.69) is 27.1 Å². The number of carbonyl (C=O) groups is 1. The zero-order valence-electron chi connectivity index (χ0n) is 15.3. The third kappa shape index (κ3) is 2.57. The number of fused-ring (bicyclic) bond motifs is 2. The van der Waals surface area contributed by atoms with Crippen LogP contribution in [-0.4, -0.2) is 64.7 Å². The first-order valence-corrected chi connectivity index (χ1v) is 9.80. The van der Waals surface area contributed by atoms with Gasteiger partial charge in [-0.2, -0.15) is 9.61 Å². The Morgan fingerprint density at radius 3 is 2.88 bits per heavy atom. The fourth-order valence-corrected chi connectivity index (χ4v) is 4.54. The summed E-state index contributed by atoms with van der Waals surface area (Å²) < 4.78 is 1.96. The number of nitrogens with one attached hydrogen (secondary N) is 1. The quantitative estimate of drug-likeness (QED) is 0.861. The second kappa shape index (κ2) is 6.23. The van der Waals surface area contributed by atoms with Gasteiger partial charge in [0.2, 0.25) is 5.91 Å². The summed E-state index contributed by atoms with van der Waals surface area (Å²) in [5, 5.41) is 7.98. The SMILES string of the molecule is CC1CCN(C(=O)C2CN(c3c4c(nc5ccnn35)CCNCC4)C2)C1. The summed E-state index contributed by atoms with van der Waals surface area (Å²) in [6.45, 7) is 7.61. The highest BCUT2D eigenvalue weighted by Crippen LogP contribution is 2.32. The lowest BCUT2D eigenvalue weighted by Gasteiger charge is -2.42. The number of nitrogens with zero attached hydrogens (tertiary/aromatic N) is 5. The molecule has 26 heavy (non-hydrogen) atoms. The molecule has 138 valence electrons. The van der Waals surface area contributed by atoms with Gasteiger partial charge in [-0.05, 0) is 25.3 Å². The van der Waals surface area contributed by atoms with Crippen molar-refractivity contribution in [2.45, 2.75) is 26.2 Å². The molecule has 2 fully saturated rings. The van der Waals surface area contributed by atoms with Crippen LogP contribution in [0.3, 0.4) is 0 Å². The molecular formula is C19H26N6O. The number of hydrogen-bond acceptors (Lipinski definition) is 5. The van der Waals surface area contributed by atoms with Crippen molar-refractivity contribution < 1.29 is 4.79 Å². The van der Waals surface area contributed by atoms with Crippen LogP contribution in [0.5, 0.6) is 0 Å². The van der Waals surface area contributed by atoms with Crippen LogP contribution in [0.1, 0.15) is 24.6 Å². The van der Waals surface area contributed by atoms with Gasteiger partial charge in [0.1, 0.15) is 5.82 Å². The molecule has 2 aromatic heterocycles. The molecular weight excluding hydrogens is 328 g/mol. The number of likely N-dealkylation sites (tertiary alicyclic amines) is 1. The zero-order valence-corrected chi connectivity index (χ0v) is 15.3. The lowest BCUT2D eigenvalue weighted by molar-refractivity contribution is -0.135. The van der Waals surface area contributed by atoms with Gasteiger partial charge in [-0.1, -0.05) is 6.92 Å². The summed E-state index contributed by atoms with van der Waals surface area (Å²) in [5.41, 5.74) is 3.39. The molecule has 3 aliphatic rings. The number of anilines is 1. The van der Waals surface area contributed by atoms with Gasteiger partial charge in [-0.3, -0.25) is 4.79 Å². The maximum atomic E-state index is 12.8. The molecule has 0 spiro atoms. The van der Waals surface area contributed by atoms with Crippen LogP contribution in [0.15, 0.2) is 12.3 Å². The normalized spacial score (nSPS) is 23.8. The van der Waals surface area contributed by atoms with Gasteiger partial charge in [-0.25, -0.2) is 4.98 Å². The lowest BCUT2D eigenvalue weighted by Crippen LogP contribution is -2.55. The molecule has 7 heteroatoms. The molecule has 7 nitrogen and oxygen atoms in total. The molecule has 5 heterocycles. The second-order valence-electron chi connectivity index (χ2n) is 7.99. The molecule has 0 saturated carbocycles. The van der Waals surface area contributed by atoms with E-state index in [1.807, 2.05) is 16.8 Å². The summed E-state index contributed by atoms with van der Waals surface area (Å²) >= 11 is 0. The highest BCUT2D eigenvalue weighted by molar-refractivity contribution is 5.82. The monoisotopic (exact) mass is 354 g/mol. The fraction of sp³-hybridized carbons (Fsp3) is 0.632. The summed E-state index contributed by atoms with van der Waals surface area (Å²) in [6, 6.07) is 1.97. The summed E-state index contributed by atoms with van der Waals surface area (Å²) in [4.78, 5) is 22.0. The second-order valence-corrected chi connectivity index (χ2v) is 7.99. The number of rotatable bonds is 2. The van der Waals surface area contributed by atoms with Gasteiger partial charge in [0, 0.05) is 50.8 Å². The van der Waals surface area contributed by atoms with Crippen LogP contribution < -0.4 is 10.2 Å². The van der Waals surface area contributed by atoms with E-state index in [9.17, 15) is 4.79 Å². The molecule has 0 aromatic carbocycles. The molecule has 1 unspecified atom stereocenters. The van der Waals surface area contributed by atoms with Crippen molar-refractivity contribution >= 4 is 17.4 Å². The number of hydrogen-bond donors (Lipinski definition) is 1. The van der Waals surface area contributed by atoms with Crippen molar-refractivity contribution in [3.63, 3.8) is 0 Å². The highest BCUT2D eigenvalue weighted by Gasteiger charge is 2.39. The van der Waals surface area contributed by atoms with Gasteiger partial charge >= 0.3 is 0 Å². The molecule has 2 aromatic rings. The first-order valence-electron chi connectivity index (χ1n) is 9.80. The predicted octanol–water partition coefficient (Wildman–Crippen LogP) is 0.722. The Labute approximate surface area is 153 Å². The van der Waals surface area contributed by atoms with E-state index >= 15 is 0 Å². The molecule has 1 atom stereocenters. The van der Waals surface area contributed by atoms with E-state index in [1.54, 1.807) is 0 Å². The number of aromatic nitrogens is 3. The van der Waals surface area contributed by atoms with Crippen molar-refractivity contribution in [3.05, 3.63) is 23.5 Å². The van der Waals surface area contributed by atoms with Crippen molar-refractivity contribution in [3.8, 4) is 0 Å². The van der Waals surface area contributed by atoms with E-state index in [1.165, 1.54) is 11.3 Å². The van der Waals surface area contributed by atoms with Gasteiger partial charge in [0.15, 0.2) is 5.65 Å². The van der Waals surface area contributed by atoms with E-state index < -0.39 is 0 Å². The standard InChI is InChI=1S/C19H26N6O/c1-13-5-9-23(10-13)19(26)14-11-24(12-14)18-15-2-6-20-7-3-16(15)22-17-4-8-21-25(17)18/h4,8,13-14,20H,2-3,5-7,9-12H2,1H3. The fourth-order valence-electron chi connectivity index (χ4n) is 4.54. The molecule has 1 amide bonds. The molecule has 0 radical (unpaired) electrons. The van der Waals surface area contributed by atoms with Gasteiger partial charge in [0.25, 0.3) is 0 Å². The van der Waals surface area contributed by atoms with E-state index in [0.717, 1.165) is 70.0 Å². The minimum absolute atomic E-state index is 0.124. The van der Waals surface area contributed by atoms with Crippen molar-refractivity contribution in [1.82, 2.24) is 24.8 Å². The molecule has 1 N–H and O–H groups in total. The summed E-state index contributed by atoms with van der Waals surface area (Å²) in [5.74, 6) is 2.25. The Morgan fingerprint density at radius 1 is 1.23 bits per heavy atom. The van der Waals surface area contributed by atoms with Gasteiger partial charge < -0.3 is 15.1 Å². The van der Waals surface area contributed by atoms with Crippen LogP contribution in [-0.2, 0) is 17.6 Å². The Hall–Kier alpha value is -2.15. The van der Waals surface area contributed by atoms with Crippen LogP contribution in [0.2, 0.25) is 0 Å². The molecule has 3 aliphatic heterocycles. The van der Waals surface area contributed by atoms with Crippen LogP contribution in [0.4, 0.5) is 5.82 Å². The third-order valence-electron chi connectivity index (χ3n) is 6.05. The molecule has 5 rings (SSSR count). The lowest BCUT2D eigenvalue weighted by atomic mass is 9.96. The summed E-state index contributed by atoms with van der Waals surface area (Å²) in [6.07, 6.45) is 4.87. The van der Waals surface area contributed by atoms with Crippen molar-refractivity contribution in [2.75, 3.05) is 44.2 Å². The van der Waals surface area contributed by atoms with E-state index in [0.29, 0.717) is 11.8 Å². The largest absolute Gasteiger partial charge is 0.354 e.